The highest BCUT2D eigenvalue weighted by Crippen LogP contribution is 2.16. The zero-order valence-corrected chi connectivity index (χ0v) is 14.9. The van der Waals surface area contributed by atoms with Gasteiger partial charge in [-0.15, -0.1) is 0 Å². The van der Waals surface area contributed by atoms with E-state index in [1.54, 1.807) is 12.3 Å². The lowest BCUT2D eigenvalue weighted by atomic mass is 10.2. The van der Waals surface area contributed by atoms with Gasteiger partial charge in [-0.1, -0.05) is 35.9 Å². The van der Waals surface area contributed by atoms with Crippen molar-refractivity contribution in [1.29, 1.82) is 0 Å². The molecule has 2 N–H and O–H groups in total. The first-order chi connectivity index (χ1) is 13.1. The fraction of sp³-hybridized carbons (Fsp3) is 0.0500. The zero-order chi connectivity index (χ0) is 19.1. The largest absolute Gasteiger partial charge is 0.489 e. The lowest BCUT2D eigenvalue weighted by molar-refractivity contribution is 0.0696. The Kier molecular flexibility index (Phi) is 6.02. The van der Waals surface area contributed by atoms with Crippen LogP contribution >= 0.6 is 11.6 Å². The Labute approximate surface area is 161 Å². The van der Waals surface area contributed by atoms with Gasteiger partial charge in [0, 0.05) is 11.2 Å². The van der Waals surface area contributed by atoms with Crippen LogP contribution in [0.15, 0.2) is 72.0 Å². The summed E-state index contributed by atoms with van der Waals surface area (Å²) in [6.07, 6.45) is 2.90. The van der Waals surface area contributed by atoms with Crippen molar-refractivity contribution in [3.05, 3.63) is 88.6 Å². The summed E-state index contributed by atoms with van der Waals surface area (Å²) in [7, 11) is 0. The number of hydrazone groups is 1. The maximum Gasteiger partial charge on any atom is 0.337 e. The maximum absolute atomic E-state index is 10.8. The first-order valence-electron chi connectivity index (χ1n) is 8.06. The van der Waals surface area contributed by atoms with Crippen molar-refractivity contribution in [1.82, 2.24) is 4.98 Å². The van der Waals surface area contributed by atoms with Crippen LogP contribution in [-0.2, 0) is 6.61 Å². The van der Waals surface area contributed by atoms with Crippen LogP contribution in [-0.4, -0.2) is 22.3 Å². The number of carbonyl (C=O) groups is 1. The summed E-state index contributed by atoms with van der Waals surface area (Å²) in [6.45, 7) is 0.440. The molecule has 0 saturated heterocycles. The highest BCUT2D eigenvalue weighted by molar-refractivity contribution is 6.30. The van der Waals surface area contributed by atoms with Crippen LogP contribution in [0.2, 0.25) is 5.02 Å². The Morgan fingerprint density at radius 3 is 2.70 bits per heavy atom. The molecule has 0 unspecified atom stereocenters. The molecule has 0 amide bonds. The van der Waals surface area contributed by atoms with Gasteiger partial charge >= 0.3 is 5.97 Å². The molecule has 0 fully saturated rings. The second-order valence-corrected chi connectivity index (χ2v) is 6.03. The number of hydrogen-bond donors (Lipinski definition) is 2. The number of aromatic carboxylic acids is 1. The molecule has 1 aromatic heterocycles. The van der Waals surface area contributed by atoms with Crippen LogP contribution in [0.4, 0.5) is 5.82 Å². The van der Waals surface area contributed by atoms with Gasteiger partial charge in [-0.05, 0) is 47.5 Å². The summed E-state index contributed by atoms with van der Waals surface area (Å²) in [5.74, 6) is 0.150. The number of carboxylic acids is 1. The van der Waals surface area contributed by atoms with Gasteiger partial charge in [0.2, 0.25) is 0 Å². The van der Waals surface area contributed by atoms with Crippen LogP contribution in [0.3, 0.4) is 0 Å². The SMILES string of the molecule is O=C(O)c1ccc(N/N=C/c2cccc(OCc3ccc(Cl)cc3)c2)nc1. The molecule has 0 atom stereocenters. The van der Waals surface area contributed by atoms with E-state index in [4.69, 9.17) is 21.4 Å². The standard InChI is InChI=1S/C20H16ClN3O3/c21-17-7-4-14(5-8-17)13-27-18-3-1-2-15(10-18)11-23-24-19-9-6-16(12-22-19)20(25)26/h1-12H,13H2,(H,22,24)(H,25,26)/b23-11+. The molecule has 27 heavy (non-hydrogen) atoms. The first-order valence-corrected chi connectivity index (χ1v) is 8.44. The van der Waals surface area contributed by atoms with Crippen molar-refractivity contribution in [2.45, 2.75) is 6.61 Å². The lowest BCUT2D eigenvalue weighted by Crippen LogP contribution is -1.99. The second-order valence-electron chi connectivity index (χ2n) is 5.59. The quantitative estimate of drug-likeness (QED) is 0.466. The van der Waals surface area contributed by atoms with Crippen molar-refractivity contribution in [2.24, 2.45) is 5.10 Å². The van der Waals surface area contributed by atoms with Gasteiger partial charge in [0.25, 0.3) is 0 Å². The fourth-order valence-corrected chi connectivity index (χ4v) is 2.32. The topological polar surface area (TPSA) is 83.8 Å². The Balaban J connectivity index is 1.57. The molecule has 3 aromatic rings. The number of ether oxygens (including phenoxy) is 1. The molecule has 3 rings (SSSR count). The van der Waals surface area contributed by atoms with E-state index in [2.05, 4.69) is 15.5 Å². The highest BCUT2D eigenvalue weighted by atomic mass is 35.5. The molecule has 6 nitrogen and oxygen atoms in total. The molecule has 1 heterocycles. The van der Waals surface area contributed by atoms with Crippen molar-refractivity contribution in [3.8, 4) is 5.75 Å². The van der Waals surface area contributed by atoms with E-state index in [0.717, 1.165) is 16.9 Å². The number of benzene rings is 2. The third-order valence-electron chi connectivity index (χ3n) is 3.58. The Morgan fingerprint density at radius 2 is 2.00 bits per heavy atom. The summed E-state index contributed by atoms with van der Waals surface area (Å²) in [4.78, 5) is 14.8. The van der Waals surface area contributed by atoms with E-state index in [-0.39, 0.29) is 5.56 Å². The first kappa shape index (κ1) is 18.4. The summed E-state index contributed by atoms with van der Waals surface area (Å²) in [5.41, 5.74) is 4.74. The van der Waals surface area contributed by atoms with E-state index in [1.807, 2.05) is 48.5 Å². The third kappa shape index (κ3) is 5.55. The van der Waals surface area contributed by atoms with Gasteiger partial charge in [-0.3, -0.25) is 5.43 Å². The molecule has 0 aliphatic carbocycles. The summed E-state index contributed by atoms with van der Waals surface area (Å²) >= 11 is 5.87. The van der Waals surface area contributed by atoms with Gasteiger partial charge in [0.05, 0.1) is 11.8 Å². The number of anilines is 1. The number of nitrogens with one attached hydrogen (secondary N) is 1. The Morgan fingerprint density at radius 1 is 1.19 bits per heavy atom. The highest BCUT2D eigenvalue weighted by Gasteiger charge is 2.02. The average molecular weight is 382 g/mol. The number of aromatic nitrogens is 1. The number of halogens is 1. The van der Waals surface area contributed by atoms with Gasteiger partial charge in [0.1, 0.15) is 18.2 Å². The number of pyridine rings is 1. The van der Waals surface area contributed by atoms with E-state index < -0.39 is 5.97 Å². The molecule has 0 radical (unpaired) electrons. The summed E-state index contributed by atoms with van der Waals surface area (Å²) in [6, 6.07) is 18.0. The van der Waals surface area contributed by atoms with Crippen molar-refractivity contribution in [2.75, 3.05) is 5.43 Å². The van der Waals surface area contributed by atoms with E-state index in [0.29, 0.717) is 17.4 Å². The third-order valence-corrected chi connectivity index (χ3v) is 3.83. The van der Waals surface area contributed by atoms with Gasteiger partial charge in [-0.2, -0.15) is 5.10 Å². The van der Waals surface area contributed by atoms with E-state index in [9.17, 15) is 4.79 Å². The van der Waals surface area contributed by atoms with Gasteiger partial charge in [-0.25, -0.2) is 9.78 Å². The molecule has 0 saturated carbocycles. The minimum Gasteiger partial charge on any atom is -0.489 e. The molecule has 136 valence electrons. The van der Waals surface area contributed by atoms with Crippen LogP contribution in [0.25, 0.3) is 0 Å². The number of carboxylic acid groups (broad SMARTS) is 1. The van der Waals surface area contributed by atoms with Gasteiger partial charge < -0.3 is 9.84 Å². The number of rotatable bonds is 7. The maximum atomic E-state index is 10.8. The Bertz CT molecular complexity index is 941. The Hall–Kier alpha value is -3.38. The molecule has 0 aliphatic heterocycles. The van der Waals surface area contributed by atoms with Crippen molar-refractivity contribution >= 4 is 29.6 Å². The van der Waals surface area contributed by atoms with Crippen LogP contribution in [0.5, 0.6) is 5.75 Å². The van der Waals surface area contributed by atoms with Gasteiger partial charge in [0.15, 0.2) is 0 Å². The minimum absolute atomic E-state index is 0.120. The number of nitrogens with zero attached hydrogens (tertiary/aromatic N) is 2. The fourth-order valence-electron chi connectivity index (χ4n) is 2.19. The molecule has 0 bridgehead atoms. The predicted molar refractivity (Wildman–Crippen MR) is 105 cm³/mol. The lowest BCUT2D eigenvalue weighted by Gasteiger charge is -2.07. The van der Waals surface area contributed by atoms with Crippen molar-refractivity contribution in [3.63, 3.8) is 0 Å². The zero-order valence-electron chi connectivity index (χ0n) is 14.2. The van der Waals surface area contributed by atoms with Crippen LogP contribution in [0.1, 0.15) is 21.5 Å². The van der Waals surface area contributed by atoms with Crippen LogP contribution < -0.4 is 10.2 Å². The summed E-state index contributed by atoms with van der Waals surface area (Å²) < 4.78 is 5.78. The van der Waals surface area contributed by atoms with Crippen LogP contribution in [0, 0.1) is 0 Å². The molecular formula is C20H16ClN3O3. The van der Waals surface area contributed by atoms with E-state index in [1.165, 1.54) is 12.3 Å². The molecule has 7 heteroatoms. The molecule has 2 aromatic carbocycles. The van der Waals surface area contributed by atoms with E-state index >= 15 is 0 Å². The average Bonchev–Trinajstić information content (AvgIpc) is 2.68. The molecule has 0 spiro atoms. The predicted octanol–water partition coefficient (Wildman–Crippen LogP) is 4.46. The smallest absolute Gasteiger partial charge is 0.337 e. The summed E-state index contributed by atoms with van der Waals surface area (Å²) in [5, 5.41) is 13.6. The number of hydrogen-bond acceptors (Lipinski definition) is 5. The normalized spacial score (nSPS) is 10.7. The second kappa shape index (κ2) is 8.82. The molecular weight excluding hydrogens is 366 g/mol. The monoisotopic (exact) mass is 381 g/mol. The molecule has 0 aliphatic rings. The van der Waals surface area contributed by atoms with Crippen molar-refractivity contribution < 1.29 is 14.6 Å². The minimum atomic E-state index is -1.02.